The van der Waals surface area contributed by atoms with Crippen LogP contribution in [0.4, 0.5) is 5.69 Å². The van der Waals surface area contributed by atoms with Gasteiger partial charge in [-0.15, -0.1) is 0 Å². The first-order valence-corrected chi connectivity index (χ1v) is 9.93. The molecule has 0 saturated carbocycles. The number of anilines is 1. The minimum Gasteiger partial charge on any atom is -0.467 e. The molecule has 7 heteroatoms. The highest BCUT2D eigenvalue weighted by atomic mass is 79.9. The predicted octanol–water partition coefficient (Wildman–Crippen LogP) is 4.04. The molecule has 150 valence electrons. The van der Waals surface area contributed by atoms with Crippen LogP contribution in [0.5, 0.6) is 0 Å². The number of halogens is 1. The zero-order chi connectivity index (χ0) is 20.6. The predicted molar refractivity (Wildman–Crippen MR) is 115 cm³/mol. The van der Waals surface area contributed by atoms with Gasteiger partial charge in [-0.05, 0) is 49.0 Å². The van der Waals surface area contributed by atoms with Crippen molar-refractivity contribution in [1.29, 1.82) is 0 Å². The summed E-state index contributed by atoms with van der Waals surface area (Å²) < 4.78 is 6.24. The highest BCUT2D eigenvalue weighted by Crippen LogP contribution is 2.16. The molecule has 0 bridgehead atoms. The van der Waals surface area contributed by atoms with Crippen LogP contribution in [0.2, 0.25) is 0 Å². The molecule has 0 saturated heterocycles. The van der Waals surface area contributed by atoms with E-state index in [2.05, 4.69) is 26.6 Å². The van der Waals surface area contributed by atoms with Gasteiger partial charge in [0.1, 0.15) is 5.76 Å². The summed E-state index contributed by atoms with van der Waals surface area (Å²) in [5.74, 6) is 0.200. The molecule has 29 heavy (non-hydrogen) atoms. The van der Waals surface area contributed by atoms with Crippen molar-refractivity contribution in [3.8, 4) is 0 Å². The lowest BCUT2D eigenvalue weighted by atomic mass is 10.1. The number of nitrogens with one attached hydrogen (secondary N) is 2. The molecule has 0 aliphatic carbocycles. The minimum absolute atomic E-state index is 0.184. The molecular formula is C22H22BrN3O3. The maximum Gasteiger partial charge on any atom is 0.253 e. The largest absolute Gasteiger partial charge is 0.467 e. The number of para-hydroxylation sites is 1. The molecule has 3 aromatic rings. The van der Waals surface area contributed by atoms with E-state index in [-0.39, 0.29) is 24.9 Å². The number of hydrogen-bond acceptors (Lipinski definition) is 4. The molecule has 3 rings (SSSR count). The van der Waals surface area contributed by atoms with Gasteiger partial charge in [0.05, 0.1) is 30.6 Å². The maximum atomic E-state index is 12.5. The maximum absolute atomic E-state index is 12.5. The Kier molecular flexibility index (Phi) is 7.21. The van der Waals surface area contributed by atoms with Crippen molar-refractivity contribution in [1.82, 2.24) is 10.2 Å². The third-order valence-electron chi connectivity index (χ3n) is 4.23. The van der Waals surface area contributed by atoms with Gasteiger partial charge in [-0.2, -0.15) is 0 Å². The lowest BCUT2D eigenvalue weighted by Crippen LogP contribution is -2.31. The SMILES string of the molecule is CN(CC(=O)Nc1ccccc1C(=O)NCc1ccco1)Cc1ccc(Br)cc1. The van der Waals surface area contributed by atoms with Gasteiger partial charge in [0.25, 0.3) is 5.91 Å². The normalized spacial score (nSPS) is 10.7. The van der Waals surface area contributed by atoms with Crippen LogP contribution in [0, 0.1) is 0 Å². The van der Waals surface area contributed by atoms with Crippen molar-refractivity contribution < 1.29 is 14.0 Å². The average molecular weight is 456 g/mol. The van der Waals surface area contributed by atoms with Crippen molar-refractivity contribution in [2.45, 2.75) is 13.1 Å². The first-order valence-electron chi connectivity index (χ1n) is 9.13. The number of likely N-dealkylation sites (N-methyl/N-ethyl adjacent to an activating group) is 1. The quantitative estimate of drug-likeness (QED) is 0.537. The molecule has 0 radical (unpaired) electrons. The van der Waals surface area contributed by atoms with Crippen LogP contribution in [0.1, 0.15) is 21.7 Å². The van der Waals surface area contributed by atoms with Gasteiger partial charge in [-0.1, -0.05) is 40.2 Å². The number of carbonyl (C=O) groups is 2. The van der Waals surface area contributed by atoms with Crippen LogP contribution in [0.15, 0.2) is 75.8 Å². The molecule has 2 aromatic carbocycles. The molecule has 0 atom stereocenters. The second-order valence-electron chi connectivity index (χ2n) is 6.65. The molecule has 0 aliphatic rings. The molecule has 6 nitrogen and oxygen atoms in total. The third kappa shape index (κ3) is 6.30. The Labute approximate surface area is 178 Å². The standard InChI is InChI=1S/C22H22BrN3O3/c1-26(14-16-8-10-17(23)11-9-16)15-21(27)25-20-7-3-2-6-19(20)22(28)24-13-18-5-4-12-29-18/h2-12H,13-15H2,1H3,(H,24,28)(H,25,27). The summed E-state index contributed by atoms with van der Waals surface area (Å²) in [6.45, 7) is 1.13. The summed E-state index contributed by atoms with van der Waals surface area (Å²) in [7, 11) is 1.88. The van der Waals surface area contributed by atoms with Crippen molar-refractivity contribution in [2.75, 3.05) is 18.9 Å². The van der Waals surface area contributed by atoms with E-state index >= 15 is 0 Å². The van der Waals surface area contributed by atoms with E-state index in [1.54, 1.807) is 42.7 Å². The van der Waals surface area contributed by atoms with Gasteiger partial charge in [0.2, 0.25) is 5.91 Å². The van der Waals surface area contributed by atoms with Crippen molar-refractivity contribution in [3.05, 3.63) is 88.3 Å². The number of furan rings is 1. The van der Waals surface area contributed by atoms with Crippen LogP contribution in [0.25, 0.3) is 0 Å². The van der Waals surface area contributed by atoms with Gasteiger partial charge in [0, 0.05) is 11.0 Å². The molecule has 0 aliphatic heterocycles. The minimum atomic E-state index is -0.277. The van der Waals surface area contributed by atoms with Crippen LogP contribution in [-0.2, 0) is 17.9 Å². The molecule has 0 fully saturated rings. The summed E-state index contributed by atoms with van der Waals surface area (Å²) in [5, 5.41) is 5.63. The first-order chi connectivity index (χ1) is 14.0. The highest BCUT2D eigenvalue weighted by molar-refractivity contribution is 9.10. The molecule has 2 N–H and O–H groups in total. The Hall–Kier alpha value is -2.90. The summed E-state index contributed by atoms with van der Waals surface area (Å²) in [4.78, 5) is 26.9. The molecule has 1 heterocycles. The highest BCUT2D eigenvalue weighted by Gasteiger charge is 2.14. The third-order valence-corrected chi connectivity index (χ3v) is 4.76. The Morgan fingerprint density at radius 2 is 1.79 bits per heavy atom. The van der Waals surface area contributed by atoms with Gasteiger partial charge < -0.3 is 15.1 Å². The average Bonchev–Trinajstić information content (AvgIpc) is 3.22. The molecule has 0 spiro atoms. The van der Waals surface area contributed by atoms with Crippen LogP contribution < -0.4 is 10.6 Å². The number of benzene rings is 2. The van der Waals surface area contributed by atoms with E-state index in [9.17, 15) is 9.59 Å². The van der Waals surface area contributed by atoms with Gasteiger partial charge in [-0.3, -0.25) is 14.5 Å². The summed E-state index contributed by atoms with van der Waals surface area (Å²) in [6.07, 6.45) is 1.56. The Morgan fingerprint density at radius 1 is 1.03 bits per heavy atom. The van der Waals surface area contributed by atoms with Crippen LogP contribution in [-0.4, -0.2) is 30.3 Å². The number of hydrogen-bond donors (Lipinski definition) is 2. The van der Waals surface area contributed by atoms with E-state index in [1.165, 1.54) is 0 Å². The number of nitrogens with zero attached hydrogens (tertiary/aromatic N) is 1. The lowest BCUT2D eigenvalue weighted by Gasteiger charge is -2.17. The van der Waals surface area contributed by atoms with E-state index in [0.29, 0.717) is 23.6 Å². The van der Waals surface area contributed by atoms with E-state index in [0.717, 1.165) is 10.0 Å². The topological polar surface area (TPSA) is 74.6 Å². The van der Waals surface area contributed by atoms with Crippen molar-refractivity contribution >= 4 is 33.4 Å². The second-order valence-corrected chi connectivity index (χ2v) is 7.57. The number of rotatable bonds is 8. The summed E-state index contributed by atoms with van der Waals surface area (Å²) in [5.41, 5.74) is 2.00. The first kappa shape index (κ1) is 20.8. The fraction of sp³-hybridized carbons (Fsp3) is 0.182. The van der Waals surface area contributed by atoms with E-state index in [1.807, 2.05) is 36.2 Å². The van der Waals surface area contributed by atoms with Crippen LogP contribution in [0.3, 0.4) is 0 Å². The number of amides is 2. The Bertz CT molecular complexity index is 956. The van der Waals surface area contributed by atoms with Crippen LogP contribution >= 0.6 is 15.9 Å². The zero-order valence-corrected chi connectivity index (χ0v) is 17.6. The molecular weight excluding hydrogens is 434 g/mol. The summed E-state index contributed by atoms with van der Waals surface area (Å²) >= 11 is 3.41. The van der Waals surface area contributed by atoms with Gasteiger partial charge in [0.15, 0.2) is 0 Å². The molecule has 2 amide bonds. The molecule has 1 aromatic heterocycles. The monoisotopic (exact) mass is 455 g/mol. The van der Waals surface area contributed by atoms with E-state index in [4.69, 9.17) is 4.42 Å². The molecule has 0 unspecified atom stereocenters. The van der Waals surface area contributed by atoms with Gasteiger partial charge in [-0.25, -0.2) is 0 Å². The lowest BCUT2D eigenvalue weighted by molar-refractivity contribution is -0.117. The van der Waals surface area contributed by atoms with Crippen molar-refractivity contribution in [3.63, 3.8) is 0 Å². The zero-order valence-electron chi connectivity index (χ0n) is 16.0. The Morgan fingerprint density at radius 3 is 2.52 bits per heavy atom. The smallest absolute Gasteiger partial charge is 0.253 e. The Balaban J connectivity index is 1.57. The number of carbonyl (C=O) groups excluding carboxylic acids is 2. The van der Waals surface area contributed by atoms with E-state index < -0.39 is 0 Å². The van der Waals surface area contributed by atoms with Crippen molar-refractivity contribution in [2.24, 2.45) is 0 Å². The fourth-order valence-corrected chi connectivity index (χ4v) is 3.12. The second kappa shape index (κ2) is 10.0. The van der Waals surface area contributed by atoms with Gasteiger partial charge >= 0.3 is 0 Å². The summed E-state index contributed by atoms with van der Waals surface area (Å²) in [6, 6.07) is 18.5. The fourth-order valence-electron chi connectivity index (χ4n) is 2.86.